The molecule has 94 valence electrons. The SMILES string of the molecule is CCN(CC)N=Nc1ccc2ccc(=O)oc2c1. The number of nitrogens with zero attached hydrogens (tertiary/aromatic N) is 3. The zero-order valence-electron chi connectivity index (χ0n) is 10.5. The lowest BCUT2D eigenvalue weighted by atomic mass is 10.2. The third-order valence-corrected chi connectivity index (χ3v) is 2.62. The quantitative estimate of drug-likeness (QED) is 0.472. The molecule has 0 fully saturated rings. The summed E-state index contributed by atoms with van der Waals surface area (Å²) in [6.07, 6.45) is 0. The van der Waals surface area contributed by atoms with Crippen molar-refractivity contribution in [3.8, 4) is 0 Å². The second-order valence-corrected chi connectivity index (χ2v) is 3.80. The van der Waals surface area contributed by atoms with Gasteiger partial charge in [-0.15, -0.1) is 5.11 Å². The number of rotatable bonds is 4. The number of fused-ring (bicyclic) bond motifs is 1. The molecule has 5 heteroatoms. The first-order valence-corrected chi connectivity index (χ1v) is 5.93. The van der Waals surface area contributed by atoms with Crippen LogP contribution in [0.5, 0.6) is 0 Å². The molecule has 0 spiro atoms. The van der Waals surface area contributed by atoms with Gasteiger partial charge in [-0.2, -0.15) is 0 Å². The van der Waals surface area contributed by atoms with E-state index in [4.69, 9.17) is 4.42 Å². The molecule has 1 aromatic carbocycles. The molecule has 0 aliphatic heterocycles. The van der Waals surface area contributed by atoms with Gasteiger partial charge >= 0.3 is 5.63 Å². The molecular formula is C13H15N3O2. The van der Waals surface area contributed by atoms with Crippen molar-refractivity contribution < 1.29 is 4.42 Å². The third kappa shape index (κ3) is 2.74. The van der Waals surface area contributed by atoms with E-state index in [-0.39, 0.29) is 5.63 Å². The van der Waals surface area contributed by atoms with Crippen LogP contribution in [0.25, 0.3) is 11.0 Å². The molecule has 0 bridgehead atoms. The third-order valence-electron chi connectivity index (χ3n) is 2.62. The van der Waals surface area contributed by atoms with E-state index in [1.165, 1.54) is 6.07 Å². The fourth-order valence-corrected chi connectivity index (χ4v) is 1.58. The Hall–Kier alpha value is -2.17. The van der Waals surface area contributed by atoms with E-state index < -0.39 is 0 Å². The van der Waals surface area contributed by atoms with Crippen molar-refractivity contribution in [2.24, 2.45) is 10.3 Å². The maximum atomic E-state index is 11.1. The van der Waals surface area contributed by atoms with Gasteiger partial charge in [-0.3, -0.25) is 5.01 Å². The van der Waals surface area contributed by atoms with Crippen LogP contribution in [0.2, 0.25) is 0 Å². The summed E-state index contributed by atoms with van der Waals surface area (Å²) in [4.78, 5) is 11.1. The van der Waals surface area contributed by atoms with Gasteiger partial charge < -0.3 is 4.42 Å². The highest BCUT2D eigenvalue weighted by molar-refractivity contribution is 5.79. The molecule has 2 rings (SSSR count). The normalized spacial score (nSPS) is 11.2. The minimum absolute atomic E-state index is 0.361. The first kappa shape index (κ1) is 12.3. The van der Waals surface area contributed by atoms with E-state index in [0.29, 0.717) is 11.3 Å². The summed E-state index contributed by atoms with van der Waals surface area (Å²) in [6, 6.07) is 8.54. The Bertz CT molecular complexity index is 615. The topological polar surface area (TPSA) is 58.2 Å². The molecular weight excluding hydrogens is 230 g/mol. The van der Waals surface area contributed by atoms with E-state index in [9.17, 15) is 4.79 Å². The summed E-state index contributed by atoms with van der Waals surface area (Å²) >= 11 is 0. The molecule has 1 heterocycles. The van der Waals surface area contributed by atoms with Gasteiger partial charge in [0.15, 0.2) is 0 Å². The highest BCUT2D eigenvalue weighted by Crippen LogP contribution is 2.20. The average molecular weight is 245 g/mol. The van der Waals surface area contributed by atoms with E-state index in [2.05, 4.69) is 10.3 Å². The van der Waals surface area contributed by atoms with Crippen molar-refractivity contribution in [2.75, 3.05) is 13.1 Å². The summed E-state index contributed by atoms with van der Waals surface area (Å²) < 4.78 is 5.09. The summed E-state index contributed by atoms with van der Waals surface area (Å²) in [7, 11) is 0. The molecule has 1 aromatic heterocycles. The minimum Gasteiger partial charge on any atom is -0.423 e. The molecule has 0 amide bonds. The Morgan fingerprint density at radius 1 is 1.17 bits per heavy atom. The Morgan fingerprint density at radius 2 is 1.89 bits per heavy atom. The molecule has 0 atom stereocenters. The predicted octanol–water partition coefficient (Wildman–Crippen LogP) is 3.13. The monoisotopic (exact) mass is 245 g/mol. The van der Waals surface area contributed by atoms with Gasteiger partial charge in [0.1, 0.15) is 5.58 Å². The van der Waals surface area contributed by atoms with Crippen LogP contribution in [0.4, 0.5) is 5.69 Å². The van der Waals surface area contributed by atoms with Crippen LogP contribution in [-0.4, -0.2) is 18.1 Å². The Kier molecular flexibility index (Phi) is 3.72. The minimum atomic E-state index is -0.361. The number of hydrogen-bond acceptors (Lipinski definition) is 4. The van der Waals surface area contributed by atoms with E-state index in [0.717, 1.165) is 18.5 Å². The molecule has 2 aromatic rings. The lowest BCUT2D eigenvalue weighted by Gasteiger charge is -2.10. The fraction of sp³-hybridized carbons (Fsp3) is 0.308. The van der Waals surface area contributed by atoms with E-state index in [1.54, 1.807) is 12.1 Å². The van der Waals surface area contributed by atoms with Gasteiger partial charge in [0, 0.05) is 30.6 Å². The van der Waals surface area contributed by atoms with Crippen molar-refractivity contribution in [3.05, 3.63) is 40.8 Å². The van der Waals surface area contributed by atoms with E-state index in [1.807, 2.05) is 31.0 Å². The van der Waals surface area contributed by atoms with Gasteiger partial charge in [-0.1, -0.05) is 5.22 Å². The number of benzene rings is 1. The van der Waals surface area contributed by atoms with Crippen LogP contribution < -0.4 is 5.63 Å². The van der Waals surface area contributed by atoms with Crippen molar-refractivity contribution in [1.82, 2.24) is 5.01 Å². The van der Waals surface area contributed by atoms with Crippen LogP contribution in [-0.2, 0) is 0 Å². The maximum Gasteiger partial charge on any atom is 0.336 e. The standard InChI is InChI=1S/C13H15N3O2/c1-3-16(4-2)15-14-11-7-5-10-6-8-13(17)18-12(10)9-11/h5-9H,3-4H2,1-2H3. The molecule has 0 aliphatic rings. The lowest BCUT2D eigenvalue weighted by Crippen LogP contribution is -2.14. The smallest absolute Gasteiger partial charge is 0.336 e. The molecule has 0 unspecified atom stereocenters. The highest BCUT2D eigenvalue weighted by Gasteiger charge is 1.99. The van der Waals surface area contributed by atoms with Crippen LogP contribution >= 0.6 is 0 Å². The molecule has 0 N–H and O–H groups in total. The largest absolute Gasteiger partial charge is 0.423 e. The zero-order chi connectivity index (χ0) is 13.0. The summed E-state index contributed by atoms with van der Waals surface area (Å²) in [5.41, 5.74) is 0.836. The Labute approximate surface area is 105 Å². The Balaban J connectivity index is 2.32. The average Bonchev–Trinajstić information content (AvgIpc) is 2.39. The molecule has 0 aliphatic carbocycles. The lowest BCUT2D eigenvalue weighted by molar-refractivity contribution is 0.301. The van der Waals surface area contributed by atoms with Crippen molar-refractivity contribution >= 4 is 16.7 Å². The van der Waals surface area contributed by atoms with Gasteiger partial charge in [0.05, 0.1) is 5.69 Å². The second-order valence-electron chi connectivity index (χ2n) is 3.80. The Morgan fingerprint density at radius 3 is 2.61 bits per heavy atom. The molecule has 0 saturated heterocycles. The van der Waals surface area contributed by atoms with Gasteiger partial charge in [0.2, 0.25) is 0 Å². The van der Waals surface area contributed by atoms with Crippen molar-refractivity contribution in [2.45, 2.75) is 13.8 Å². The predicted molar refractivity (Wildman–Crippen MR) is 69.9 cm³/mol. The number of hydrogen-bond donors (Lipinski definition) is 0. The summed E-state index contributed by atoms with van der Waals surface area (Å²) in [5, 5.41) is 10.9. The van der Waals surface area contributed by atoms with Crippen LogP contribution in [0.3, 0.4) is 0 Å². The summed E-state index contributed by atoms with van der Waals surface area (Å²) in [6.45, 7) is 5.65. The fourth-order valence-electron chi connectivity index (χ4n) is 1.58. The van der Waals surface area contributed by atoms with Crippen LogP contribution in [0, 0.1) is 0 Å². The first-order chi connectivity index (χ1) is 8.72. The molecule has 5 nitrogen and oxygen atoms in total. The first-order valence-electron chi connectivity index (χ1n) is 5.93. The van der Waals surface area contributed by atoms with E-state index >= 15 is 0 Å². The van der Waals surface area contributed by atoms with Crippen LogP contribution in [0.15, 0.2) is 49.9 Å². The van der Waals surface area contributed by atoms with Crippen molar-refractivity contribution in [3.63, 3.8) is 0 Å². The zero-order valence-corrected chi connectivity index (χ0v) is 10.5. The second kappa shape index (κ2) is 5.44. The maximum absolute atomic E-state index is 11.1. The molecule has 0 radical (unpaired) electrons. The van der Waals surface area contributed by atoms with Crippen molar-refractivity contribution in [1.29, 1.82) is 0 Å². The van der Waals surface area contributed by atoms with Gasteiger partial charge in [-0.05, 0) is 32.0 Å². The van der Waals surface area contributed by atoms with Gasteiger partial charge in [0.25, 0.3) is 0 Å². The van der Waals surface area contributed by atoms with Crippen LogP contribution in [0.1, 0.15) is 13.8 Å². The molecule has 0 saturated carbocycles. The highest BCUT2D eigenvalue weighted by atomic mass is 16.4. The molecule has 18 heavy (non-hydrogen) atoms. The summed E-state index contributed by atoms with van der Waals surface area (Å²) in [5.74, 6) is 0. The van der Waals surface area contributed by atoms with Gasteiger partial charge in [-0.25, -0.2) is 4.79 Å².